The molecule has 1 rings (SSSR count). The highest BCUT2D eigenvalue weighted by Crippen LogP contribution is 2.03. The molecule has 92 valence electrons. The summed E-state index contributed by atoms with van der Waals surface area (Å²) in [6.07, 6.45) is 2.22. The Morgan fingerprint density at radius 1 is 1.41 bits per heavy atom. The molecule has 0 unspecified atom stereocenters. The summed E-state index contributed by atoms with van der Waals surface area (Å²) >= 11 is 0. The summed E-state index contributed by atoms with van der Waals surface area (Å²) in [5.74, 6) is 0.487. The topological polar surface area (TPSA) is 70.8 Å². The second-order valence-electron chi connectivity index (χ2n) is 3.72. The molecule has 1 aromatic rings. The van der Waals surface area contributed by atoms with Gasteiger partial charge in [0.1, 0.15) is 11.8 Å². The van der Waals surface area contributed by atoms with Crippen LogP contribution in [-0.2, 0) is 4.74 Å². The summed E-state index contributed by atoms with van der Waals surface area (Å²) in [6.45, 7) is 6.03. The molecular weight excluding hydrogens is 216 g/mol. The van der Waals surface area contributed by atoms with Crippen LogP contribution in [0.3, 0.4) is 0 Å². The van der Waals surface area contributed by atoms with E-state index in [0.29, 0.717) is 24.8 Å². The van der Waals surface area contributed by atoms with Crippen LogP contribution < -0.4 is 5.32 Å². The molecule has 5 nitrogen and oxygen atoms in total. The van der Waals surface area contributed by atoms with Crippen LogP contribution >= 0.6 is 0 Å². The van der Waals surface area contributed by atoms with Gasteiger partial charge in [0.2, 0.25) is 5.95 Å². The van der Waals surface area contributed by atoms with E-state index in [4.69, 9.17) is 10.00 Å². The van der Waals surface area contributed by atoms with Crippen molar-refractivity contribution in [1.82, 2.24) is 9.97 Å². The van der Waals surface area contributed by atoms with Gasteiger partial charge in [0, 0.05) is 18.8 Å². The summed E-state index contributed by atoms with van der Waals surface area (Å²) in [6, 6.07) is 3.66. The number of nitrogens with one attached hydrogen (secondary N) is 1. The van der Waals surface area contributed by atoms with E-state index in [9.17, 15) is 0 Å². The molecule has 5 heteroatoms. The van der Waals surface area contributed by atoms with Gasteiger partial charge < -0.3 is 10.1 Å². The van der Waals surface area contributed by atoms with Gasteiger partial charge in [-0.3, -0.25) is 0 Å². The van der Waals surface area contributed by atoms with Crippen molar-refractivity contribution in [2.45, 2.75) is 26.7 Å². The van der Waals surface area contributed by atoms with Gasteiger partial charge in [-0.25, -0.2) is 9.97 Å². The highest BCUT2D eigenvalue weighted by molar-refractivity contribution is 5.32. The van der Waals surface area contributed by atoms with Crippen LogP contribution in [0.2, 0.25) is 0 Å². The maximum atomic E-state index is 8.76. The van der Waals surface area contributed by atoms with Crippen LogP contribution in [0, 0.1) is 18.3 Å². The van der Waals surface area contributed by atoms with Gasteiger partial charge in [0.05, 0.1) is 6.61 Å². The van der Waals surface area contributed by atoms with Gasteiger partial charge in [0.15, 0.2) is 0 Å². The van der Waals surface area contributed by atoms with Crippen molar-refractivity contribution in [1.29, 1.82) is 5.26 Å². The van der Waals surface area contributed by atoms with Crippen molar-refractivity contribution in [3.8, 4) is 6.07 Å². The van der Waals surface area contributed by atoms with Gasteiger partial charge in [0.25, 0.3) is 0 Å². The van der Waals surface area contributed by atoms with E-state index in [0.717, 1.165) is 25.1 Å². The zero-order valence-corrected chi connectivity index (χ0v) is 10.4. The van der Waals surface area contributed by atoms with Crippen LogP contribution in [0.5, 0.6) is 0 Å². The maximum absolute atomic E-state index is 8.76. The molecule has 1 aromatic heterocycles. The van der Waals surface area contributed by atoms with Crippen LogP contribution in [0.4, 0.5) is 5.95 Å². The minimum Gasteiger partial charge on any atom is -0.380 e. The lowest BCUT2D eigenvalue weighted by atomic mass is 10.3. The van der Waals surface area contributed by atoms with Crippen molar-refractivity contribution in [3.63, 3.8) is 0 Å². The van der Waals surface area contributed by atoms with E-state index in [1.54, 1.807) is 6.07 Å². The molecule has 0 radical (unpaired) electrons. The molecule has 0 saturated carbocycles. The smallest absolute Gasteiger partial charge is 0.224 e. The lowest BCUT2D eigenvalue weighted by Gasteiger charge is -2.06. The summed E-state index contributed by atoms with van der Waals surface area (Å²) in [5.41, 5.74) is 1.16. The predicted molar refractivity (Wildman–Crippen MR) is 65.7 cm³/mol. The van der Waals surface area contributed by atoms with Crippen molar-refractivity contribution in [2.75, 3.05) is 25.1 Å². The molecule has 0 bridgehead atoms. The molecule has 0 saturated heterocycles. The van der Waals surface area contributed by atoms with Gasteiger partial charge in [-0.2, -0.15) is 5.26 Å². The fourth-order valence-electron chi connectivity index (χ4n) is 1.29. The predicted octanol–water partition coefficient (Wildman–Crippen LogP) is 1.89. The van der Waals surface area contributed by atoms with Crippen molar-refractivity contribution < 1.29 is 4.74 Å². The van der Waals surface area contributed by atoms with E-state index in [2.05, 4.69) is 22.2 Å². The Labute approximate surface area is 102 Å². The first-order valence-corrected chi connectivity index (χ1v) is 5.83. The minimum absolute atomic E-state index is 0.381. The SMILES string of the molecule is CCCCOCCNc1nc(C)cc(C#N)n1. The second-order valence-corrected chi connectivity index (χ2v) is 3.72. The third kappa shape index (κ3) is 5.27. The molecule has 0 aromatic carbocycles. The van der Waals surface area contributed by atoms with Crippen LogP contribution in [0.15, 0.2) is 6.07 Å². The van der Waals surface area contributed by atoms with Gasteiger partial charge >= 0.3 is 0 Å². The number of nitriles is 1. The summed E-state index contributed by atoms with van der Waals surface area (Å²) in [5, 5.41) is 11.8. The van der Waals surface area contributed by atoms with Gasteiger partial charge in [-0.05, 0) is 19.4 Å². The lowest BCUT2D eigenvalue weighted by molar-refractivity contribution is 0.141. The van der Waals surface area contributed by atoms with Crippen molar-refractivity contribution >= 4 is 5.95 Å². The number of hydrogen-bond acceptors (Lipinski definition) is 5. The van der Waals surface area contributed by atoms with Crippen LogP contribution in [0.25, 0.3) is 0 Å². The average Bonchev–Trinajstić information content (AvgIpc) is 2.33. The molecular formula is C12H18N4O. The number of unbranched alkanes of at least 4 members (excludes halogenated alkanes) is 1. The number of anilines is 1. The van der Waals surface area contributed by atoms with E-state index >= 15 is 0 Å². The number of hydrogen-bond donors (Lipinski definition) is 1. The van der Waals surface area contributed by atoms with E-state index < -0.39 is 0 Å². The number of rotatable bonds is 7. The van der Waals surface area contributed by atoms with Gasteiger partial charge in [-0.1, -0.05) is 13.3 Å². The first-order valence-electron chi connectivity index (χ1n) is 5.83. The molecule has 0 fully saturated rings. The quantitative estimate of drug-likeness (QED) is 0.729. The summed E-state index contributed by atoms with van der Waals surface area (Å²) in [4.78, 5) is 8.23. The van der Waals surface area contributed by atoms with Crippen LogP contribution in [-0.4, -0.2) is 29.7 Å². The van der Waals surface area contributed by atoms with Gasteiger partial charge in [-0.15, -0.1) is 0 Å². The Hall–Kier alpha value is -1.67. The van der Waals surface area contributed by atoms with E-state index in [-0.39, 0.29) is 0 Å². The Balaban J connectivity index is 2.32. The fraction of sp³-hybridized carbons (Fsp3) is 0.583. The average molecular weight is 234 g/mol. The number of ether oxygens (including phenoxy) is 1. The number of aromatic nitrogens is 2. The minimum atomic E-state index is 0.381. The summed E-state index contributed by atoms with van der Waals surface area (Å²) < 4.78 is 5.40. The Morgan fingerprint density at radius 2 is 2.24 bits per heavy atom. The Kier molecular flexibility index (Phi) is 5.97. The third-order valence-electron chi connectivity index (χ3n) is 2.14. The molecule has 1 N–H and O–H groups in total. The Bertz CT molecular complexity index is 387. The zero-order valence-electron chi connectivity index (χ0n) is 10.4. The second kappa shape index (κ2) is 7.58. The number of nitrogens with zero attached hydrogens (tertiary/aromatic N) is 3. The molecule has 0 atom stereocenters. The highest BCUT2D eigenvalue weighted by atomic mass is 16.5. The monoisotopic (exact) mass is 234 g/mol. The van der Waals surface area contributed by atoms with E-state index in [1.165, 1.54) is 0 Å². The molecule has 0 aliphatic rings. The highest BCUT2D eigenvalue weighted by Gasteiger charge is 2.00. The van der Waals surface area contributed by atoms with Crippen molar-refractivity contribution in [2.24, 2.45) is 0 Å². The molecule has 17 heavy (non-hydrogen) atoms. The van der Waals surface area contributed by atoms with E-state index in [1.807, 2.05) is 13.0 Å². The largest absolute Gasteiger partial charge is 0.380 e. The molecule has 0 spiro atoms. The lowest BCUT2D eigenvalue weighted by Crippen LogP contribution is -2.12. The fourth-order valence-corrected chi connectivity index (χ4v) is 1.29. The molecule has 0 amide bonds. The normalized spacial score (nSPS) is 9.94. The number of aryl methyl sites for hydroxylation is 1. The first-order chi connectivity index (χ1) is 8.26. The Morgan fingerprint density at radius 3 is 2.94 bits per heavy atom. The first kappa shape index (κ1) is 13.4. The standard InChI is InChI=1S/C12H18N4O/c1-3-4-6-17-7-5-14-12-15-10(2)8-11(9-13)16-12/h8H,3-7H2,1-2H3,(H,14,15,16). The summed E-state index contributed by atoms with van der Waals surface area (Å²) in [7, 11) is 0. The van der Waals surface area contributed by atoms with Crippen LogP contribution in [0.1, 0.15) is 31.2 Å². The molecule has 0 aliphatic heterocycles. The molecule has 0 aliphatic carbocycles. The van der Waals surface area contributed by atoms with Crippen molar-refractivity contribution in [3.05, 3.63) is 17.5 Å². The molecule has 1 heterocycles. The third-order valence-corrected chi connectivity index (χ3v) is 2.14. The zero-order chi connectivity index (χ0) is 12.5. The maximum Gasteiger partial charge on any atom is 0.224 e.